The Balaban J connectivity index is 2.37. The van der Waals surface area contributed by atoms with Crippen LogP contribution in [0.3, 0.4) is 0 Å². The summed E-state index contributed by atoms with van der Waals surface area (Å²) in [5.74, 6) is 1.02. The molecule has 2 heterocycles. The number of hydrogen-bond donors (Lipinski definition) is 1. The molecule has 0 aliphatic carbocycles. The van der Waals surface area contributed by atoms with Crippen molar-refractivity contribution in [2.75, 3.05) is 6.54 Å². The number of nitrogens with one attached hydrogen (secondary N) is 1. The first-order valence-electron chi connectivity index (χ1n) is 6.16. The van der Waals surface area contributed by atoms with Crippen LogP contribution in [0.5, 0.6) is 0 Å². The van der Waals surface area contributed by atoms with Crippen LogP contribution in [-0.2, 0) is 0 Å². The first kappa shape index (κ1) is 13.8. The van der Waals surface area contributed by atoms with Crippen LogP contribution in [0.25, 0.3) is 0 Å². The maximum Gasteiger partial charge on any atom is 0.128 e. The second-order valence-corrected chi connectivity index (χ2v) is 6.57. The third kappa shape index (κ3) is 2.87. The molecule has 0 aromatic carbocycles. The fourth-order valence-corrected chi connectivity index (χ4v) is 3.93. The van der Waals surface area contributed by atoms with E-state index in [9.17, 15) is 0 Å². The molecule has 1 unspecified atom stereocenters. The highest BCUT2D eigenvalue weighted by atomic mass is 79.9. The van der Waals surface area contributed by atoms with Crippen molar-refractivity contribution in [2.45, 2.75) is 33.2 Å². The van der Waals surface area contributed by atoms with Gasteiger partial charge in [-0.05, 0) is 60.4 Å². The van der Waals surface area contributed by atoms with Gasteiger partial charge in [0.2, 0.25) is 0 Å². The van der Waals surface area contributed by atoms with Gasteiger partial charge in [0.05, 0.1) is 6.26 Å². The largest absolute Gasteiger partial charge is 0.467 e. The monoisotopic (exact) mass is 327 g/mol. The first-order valence-corrected chi connectivity index (χ1v) is 7.77. The molecule has 0 saturated carbocycles. The molecule has 98 valence electrons. The summed E-state index contributed by atoms with van der Waals surface area (Å²) in [5.41, 5.74) is 1.20. The molecule has 4 heteroatoms. The van der Waals surface area contributed by atoms with Crippen molar-refractivity contribution in [1.82, 2.24) is 5.32 Å². The van der Waals surface area contributed by atoms with Gasteiger partial charge in [-0.1, -0.05) is 6.92 Å². The quantitative estimate of drug-likeness (QED) is 0.852. The van der Waals surface area contributed by atoms with Gasteiger partial charge in [-0.2, -0.15) is 0 Å². The normalized spacial score (nSPS) is 12.9. The second kappa shape index (κ2) is 6.04. The van der Waals surface area contributed by atoms with Crippen LogP contribution in [0, 0.1) is 13.8 Å². The van der Waals surface area contributed by atoms with Crippen molar-refractivity contribution in [1.29, 1.82) is 0 Å². The van der Waals surface area contributed by atoms with Gasteiger partial charge in [-0.15, -0.1) is 11.3 Å². The van der Waals surface area contributed by atoms with Gasteiger partial charge >= 0.3 is 0 Å². The Morgan fingerprint density at radius 1 is 1.44 bits per heavy atom. The van der Waals surface area contributed by atoms with E-state index >= 15 is 0 Å². The molecular formula is C14H18BrNOS. The molecule has 0 aliphatic heterocycles. The van der Waals surface area contributed by atoms with Crippen molar-refractivity contribution in [3.8, 4) is 0 Å². The summed E-state index contributed by atoms with van der Waals surface area (Å²) in [5, 5.41) is 3.57. The molecule has 0 spiro atoms. The van der Waals surface area contributed by atoms with E-state index in [0.29, 0.717) is 0 Å². The summed E-state index contributed by atoms with van der Waals surface area (Å²) in [6.07, 6.45) is 2.87. The SMILES string of the molecule is CCCNC(c1occc1C)c1sc(C)cc1Br. The number of hydrogen-bond acceptors (Lipinski definition) is 3. The van der Waals surface area contributed by atoms with Crippen molar-refractivity contribution in [3.63, 3.8) is 0 Å². The van der Waals surface area contributed by atoms with Crippen molar-refractivity contribution >= 4 is 27.3 Å². The minimum absolute atomic E-state index is 0.146. The fourth-order valence-electron chi connectivity index (χ4n) is 1.97. The van der Waals surface area contributed by atoms with E-state index in [1.165, 1.54) is 15.3 Å². The van der Waals surface area contributed by atoms with E-state index in [4.69, 9.17) is 4.42 Å². The van der Waals surface area contributed by atoms with Crippen LogP contribution in [0.4, 0.5) is 0 Å². The highest BCUT2D eigenvalue weighted by molar-refractivity contribution is 9.10. The molecule has 0 radical (unpaired) electrons. The third-order valence-corrected chi connectivity index (χ3v) is 4.89. The Bertz CT molecular complexity index is 518. The fraction of sp³-hybridized carbons (Fsp3) is 0.429. The van der Waals surface area contributed by atoms with Gasteiger partial charge in [0.15, 0.2) is 0 Å². The minimum Gasteiger partial charge on any atom is -0.467 e. The lowest BCUT2D eigenvalue weighted by Crippen LogP contribution is -2.22. The van der Waals surface area contributed by atoms with Gasteiger partial charge < -0.3 is 9.73 Å². The Morgan fingerprint density at radius 3 is 2.72 bits per heavy atom. The number of halogens is 1. The molecule has 0 saturated heterocycles. The zero-order chi connectivity index (χ0) is 13.1. The lowest BCUT2D eigenvalue weighted by molar-refractivity contribution is 0.446. The molecule has 2 aromatic rings. The van der Waals surface area contributed by atoms with E-state index in [-0.39, 0.29) is 6.04 Å². The molecule has 2 aromatic heterocycles. The molecule has 2 nitrogen and oxygen atoms in total. The maximum atomic E-state index is 5.67. The zero-order valence-electron chi connectivity index (χ0n) is 10.9. The number of thiophene rings is 1. The maximum absolute atomic E-state index is 5.67. The molecule has 1 N–H and O–H groups in total. The third-order valence-electron chi connectivity index (χ3n) is 2.86. The highest BCUT2D eigenvalue weighted by Gasteiger charge is 2.22. The van der Waals surface area contributed by atoms with Gasteiger partial charge in [0.1, 0.15) is 11.8 Å². The number of aryl methyl sites for hydroxylation is 2. The number of rotatable bonds is 5. The summed E-state index contributed by atoms with van der Waals surface area (Å²) >= 11 is 5.46. The molecular weight excluding hydrogens is 310 g/mol. The van der Waals surface area contributed by atoms with Crippen LogP contribution >= 0.6 is 27.3 Å². The van der Waals surface area contributed by atoms with Gasteiger partial charge in [0.25, 0.3) is 0 Å². The standard InChI is InChI=1S/C14H18BrNOS/c1-4-6-16-12(13-9(2)5-7-17-13)14-11(15)8-10(3)18-14/h5,7-8,12,16H,4,6H2,1-3H3. The molecule has 0 fully saturated rings. The Morgan fingerprint density at radius 2 is 2.22 bits per heavy atom. The van der Waals surface area contributed by atoms with Gasteiger partial charge in [-0.3, -0.25) is 0 Å². The van der Waals surface area contributed by atoms with E-state index < -0.39 is 0 Å². The molecule has 0 aliphatic rings. The Labute approximate surface area is 121 Å². The Hall–Kier alpha value is -0.580. The van der Waals surface area contributed by atoms with E-state index in [0.717, 1.165) is 23.2 Å². The smallest absolute Gasteiger partial charge is 0.128 e. The van der Waals surface area contributed by atoms with Crippen LogP contribution in [0.2, 0.25) is 0 Å². The number of furan rings is 1. The molecule has 18 heavy (non-hydrogen) atoms. The first-order chi connectivity index (χ1) is 8.63. The zero-order valence-corrected chi connectivity index (χ0v) is 13.3. The summed E-state index contributed by atoms with van der Waals surface area (Å²) < 4.78 is 6.83. The Kier molecular flexibility index (Phi) is 4.65. The van der Waals surface area contributed by atoms with Gasteiger partial charge in [0, 0.05) is 14.2 Å². The summed E-state index contributed by atoms with van der Waals surface area (Å²) in [6, 6.07) is 4.33. The summed E-state index contributed by atoms with van der Waals surface area (Å²) in [4.78, 5) is 2.60. The van der Waals surface area contributed by atoms with E-state index in [2.05, 4.69) is 48.1 Å². The molecule has 0 bridgehead atoms. The van der Waals surface area contributed by atoms with Crippen molar-refractivity contribution in [3.05, 3.63) is 43.9 Å². The topological polar surface area (TPSA) is 25.2 Å². The lowest BCUT2D eigenvalue weighted by Gasteiger charge is -2.16. The van der Waals surface area contributed by atoms with Crippen molar-refractivity contribution in [2.24, 2.45) is 0 Å². The molecule has 2 rings (SSSR count). The van der Waals surface area contributed by atoms with E-state index in [1.54, 1.807) is 6.26 Å². The average molecular weight is 328 g/mol. The van der Waals surface area contributed by atoms with Crippen LogP contribution in [0.15, 0.2) is 27.3 Å². The van der Waals surface area contributed by atoms with Crippen LogP contribution in [-0.4, -0.2) is 6.54 Å². The molecule has 1 atom stereocenters. The molecule has 0 amide bonds. The second-order valence-electron chi connectivity index (χ2n) is 4.42. The van der Waals surface area contributed by atoms with Crippen LogP contribution < -0.4 is 5.32 Å². The average Bonchev–Trinajstić information content (AvgIpc) is 2.87. The predicted molar refractivity (Wildman–Crippen MR) is 80.3 cm³/mol. The minimum atomic E-state index is 0.146. The van der Waals surface area contributed by atoms with Gasteiger partial charge in [-0.25, -0.2) is 0 Å². The predicted octanol–water partition coefficient (Wildman–Crippen LogP) is 4.81. The summed E-state index contributed by atoms with van der Waals surface area (Å²) in [6.45, 7) is 7.38. The van der Waals surface area contributed by atoms with E-state index in [1.807, 2.05) is 17.4 Å². The van der Waals surface area contributed by atoms with Crippen LogP contribution in [0.1, 0.15) is 40.5 Å². The highest BCUT2D eigenvalue weighted by Crippen LogP contribution is 2.36. The summed E-state index contributed by atoms with van der Waals surface area (Å²) in [7, 11) is 0. The van der Waals surface area contributed by atoms with Crippen molar-refractivity contribution < 1.29 is 4.42 Å². The lowest BCUT2D eigenvalue weighted by atomic mass is 10.1.